The number of hydrogen-bond donors (Lipinski definition) is 3. The number of aliphatic carboxylic acids is 1. The Bertz CT molecular complexity index is 2490. The summed E-state index contributed by atoms with van der Waals surface area (Å²) in [6, 6.07) is 19.6. The van der Waals surface area contributed by atoms with Gasteiger partial charge in [-0.2, -0.15) is 0 Å². The molecular weight excluding hydrogens is 956 g/mol. The van der Waals surface area contributed by atoms with Crippen molar-refractivity contribution >= 4 is 57.4 Å². The Balaban J connectivity index is 1.38. The number of halogens is 1. The Labute approximate surface area is 410 Å². The minimum absolute atomic E-state index is 0.0898. The first-order valence-corrected chi connectivity index (χ1v) is 24.6. The van der Waals surface area contributed by atoms with Crippen LogP contribution >= 0.6 is 0 Å². The molecule has 20 nitrogen and oxygen atoms in total. The van der Waals surface area contributed by atoms with Crippen molar-refractivity contribution in [2.75, 3.05) is 30.9 Å². The molecule has 2 saturated heterocycles. The van der Waals surface area contributed by atoms with E-state index in [-0.39, 0.29) is 38.1 Å². The van der Waals surface area contributed by atoms with E-state index in [9.17, 15) is 56.6 Å². The van der Waals surface area contributed by atoms with E-state index in [0.29, 0.717) is 29.7 Å². The molecule has 71 heavy (non-hydrogen) atoms. The van der Waals surface area contributed by atoms with Crippen LogP contribution in [0.4, 0.5) is 10.1 Å². The molecule has 3 N–H and O–H groups in total. The zero-order valence-electron chi connectivity index (χ0n) is 40.1. The number of β-lactam (4-membered cyclic amide) rings is 1. The number of carbonyl (C=O) groups is 7. The molecule has 3 aromatic rings. The number of aliphatic hydroxyl groups excluding tert-OH is 1. The van der Waals surface area contributed by atoms with E-state index in [1.807, 2.05) is 36.4 Å². The normalized spacial score (nSPS) is 22.2. The van der Waals surface area contributed by atoms with Crippen LogP contribution in [0, 0.1) is 11.7 Å². The molecule has 5 rings (SSSR count). The fourth-order valence-electron chi connectivity index (χ4n) is 8.58. The third kappa shape index (κ3) is 15.6. The maximum absolute atomic E-state index is 14.1. The average Bonchev–Trinajstić information content (AvgIpc) is 3.28. The maximum atomic E-state index is 14.1. The van der Waals surface area contributed by atoms with Gasteiger partial charge in [0, 0.05) is 46.9 Å². The van der Waals surface area contributed by atoms with Crippen LogP contribution in [0.15, 0.2) is 72.8 Å². The van der Waals surface area contributed by atoms with E-state index < -0.39 is 119 Å². The molecule has 1 amide bonds. The lowest BCUT2D eigenvalue weighted by Crippen LogP contribution is -2.64. The van der Waals surface area contributed by atoms with Gasteiger partial charge in [0.15, 0.2) is 36.3 Å². The van der Waals surface area contributed by atoms with Gasteiger partial charge in [-0.25, -0.2) is 22.3 Å². The second kappa shape index (κ2) is 24.7. The fraction of sp³-hybridized carbons (Fsp3) is 0.490. The third-order valence-electron chi connectivity index (χ3n) is 11.7. The number of esters is 5. The topological polar surface area (TPSA) is 274 Å². The molecule has 0 saturated carbocycles. The zero-order valence-corrected chi connectivity index (χ0v) is 40.9. The number of aliphatic hydroxyl groups is 1. The van der Waals surface area contributed by atoms with Gasteiger partial charge < -0.3 is 48.3 Å². The highest BCUT2D eigenvalue weighted by Gasteiger charge is 2.56. The number of aryl methyl sites for hydroxylation is 2. The SMILES string of the molecule is CC(=O)O[C@@H]1[C@@H](OC(C)=O)[C@H](OCC(CO)(CCc2ccc([C@@H]3[C@@H](CC[C@H](OC(C)=O)c4ccc(F)cc4)C(=O)N3c3ccc(CCCNS(C)(=O)=O)cc3)cc2)OC(C)=O)O[C@H](C(=O)O)[C@H]1OC(C)=O. The Hall–Kier alpha value is -6.33. The summed E-state index contributed by atoms with van der Waals surface area (Å²) < 4.78 is 77.9. The number of anilines is 1. The Morgan fingerprint density at radius 2 is 1.37 bits per heavy atom. The molecule has 386 valence electrons. The van der Waals surface area contributed by atoms with E-state index in [0.717, 1.165) is 45.1 Å². The summed E-state index contributed by atoms with van der Waals surface area (Å²) in [6.45, 7) is 4.14. The number of hydrogen-bond acceptors (Lipinski definition) is 17. The highest BCUT2D eigenvalue weighted by atomic mass is 32.2. The van der Waals surface area contributed by atoms with Gasteiger partial charge in [-0.1, -0.05) is 48.5 Å². The van der Waals surface area contributed by atoms with Crippen molar-refractivity contribution in [2.24, 2.45) is 5.92 Å². The summed E-state index contributed by atoms with van der Waals surface area (Å²) >= 11 is 0. The lowest BCUT2D eigenvalue weighted by atomic mass is 9.78. The number of carbonyl (C=O) groups excluding carboxylic acids is 6. The minimum Gasteiger partial charge on any atom is -0.479 e. The third-order valence-corrected chi connectivity index (χ3v) is 12.4. The molecule has 0 aliphatic carbocycles. The summed E-state index contributed by atoms with van der Waals surface area (Å²) in [4.78, 5) is 89.2. The van der Waals surface area contributed by atoms with Crippen LogP contribution in [0.5, 0.6) is 0 Å². The number of nitrogens with one attached hydrogen (secondary N) is 1. The molecule has 22 heteroatoms. The first-order chi connectivity index (χ1) is 33.5. The summed E-state index contributed by atoms with van der Waals surface area (Å²) in [5, 5.41) is 20.8. The van der Waals surface area contributed by atoms with Gasteiger partial charge in [0.25, 0.3) is 0 Å². The predicted molar refractivity (Wildman–Crippen MR) is 247 cm³/mol. The van der Waals surface area contributed by atoms with Crippen LogP contribution in [0.2, 0.25) is 0 Å². The molecule has 0 aromatic heterocycles. The van der Waals surface area contributed by atoms with Crippen LogP contribution in [-0.4, -0.2) is 123 Å². The van der Waals surface area contributed by atoms with Crippen molar-refractivity contribution in [3.05, 3.63) is 101 Å². The van der Waals surface area contributed by atoms with E-state index in [1.165, 1.54) is 31.2 Å². The van der Waals surface area contributed by atoms with Crippen molar-refractivity contribution in [1.29, 1.82) is 0 Å². The Morgan fingerprint density at radius 3 is 1.92 bits per heavy atom. The smallest absolute Gasteiger partial charge is 0.337 e. The van der Waals surface area contributed by atoms with E-state index >= 15 is 0 Å². The van der Waals surface area contributed by atoms with Crippen LogP contribution in [0.1, 0.15) is 94.7 Å². The van der Waals surface area contributed by atoms with Gasteiger partial charge >= 0.3 is 35.8 Å². The van der Waals surface area contributed by atoms with Crippen molar-refractivity contribution in [1.82, 2.24) is 4.72 Å². The van der Waals surface area contributed by atoms with Gasteiger partial charge in [-0.15, -0.1) is 0 Å². The number of sulfonamides is 1. The average molecular weight is 1020 g/mol. The quantitative estimate of drug-likeness (QED) is 0.0496. The zero-order chi connectivity index (χ0) is 52.2. The summed E-state index contributed by atoms with van der Waals surface area (Å²) in [7, 11) is -3.33. The first-order valence-electron chi connectivity index (χ1n) is 22.7. The molecule has 9 atom stereocenters. The molecule has 2 heterocycles. The van der Waals surface area contributed by atoms with Crippen molar-refractivity contribution in [3.8, 4) is 0 Å². The second-order valence-corrected chi connectivity index (χ2v) is 19.2. The number of amides is 1. The highest BCUT2D eigenvalue weighted by molar-refractivity contribution is 7.88. The minimum atomic E-state index is -3.33. The summed E-state index contributed by atoms with van der Waals surface area (Å²) in [5.41, 5.74) is 1.71. The van der Waals surface area contributed by atoms with Crippen molar-refractivity contribution in [3.63, 3.8) is 0 Å². The molecule has 2 aliphatic rings. The van der Waals surface area contributed by atoms with E-state index in [2.05, 4.69) is 4.72 Å². The summed E-state index contributed by atoms with van der Waals surface area (Å²) in [5.74, 6) is -7.08. The Morgan fingerprint density at radius 1 is 0.789 bits per heavy atom. The van der Waals surface area contributed by atoms with Gasteiger partial charge in [-0.3, -0.25) is 28.8 Å². The largest absolute Gasteiger partial charge is 0.479 e. The fourth-order valence-corrected chi connectivity index (χ4v) is 9.10. The first kappa shape index (κ1) is 55.6. The Kier molecular flexibility index (Phi) is 19.3. The lowest BCUT2D eigenvalue weighted by Gasteiger charge is -2.48. The van der Waals surface area contributed by atoms with Gasteiger partial charge in [-0.05, 0) is 85.0 Å². The maximum Gasteiger partial charge on any atom is 0.337 e. The standard InChI is InChI=1S/C49H59FN2O18S/c1-28(54)65-40(35-15-17-37(50)18-16-35)22-21-39-41(52(46(39)59)38-19-11-33(12-20-38)8-7-25-51-71(6,62)63)36-13-9-34(10-14-36)23-24-49(26-53,70-32(5)58)27-64-48-45(68-31(4)57)43(67-30(3)56)42(66-29(2)55)44(69-48)47(60)61/h9-20,39-45,48,51,53H,7-8,21-27H2,1-6H3,(H,60,61)/t39-,40+,41-,42+,43+,44+,45-,48-,49?/m1/s1. The van der Waals surface area contributed by atoms with Crippen LogP contribution in [0.3, 0.4) is 0 Å². The summed E-state index contributed by atoms with van der Waals surface area (Å²) in [6.07, 6.45) is -6.99. The van der Waals surface area contributed by atoms with Gasteiger partial charge in [0.05, 0.1) is 31.4 Å². The molecule has 0 spiro atoms. The number of ether oxygens (including phenoxy) is 7. The van der Waals surface area contributed by atoms with Crippen molar-refractivity contribution < 1.29 is 89.7 Å². The van der Waals surface area contributed by atoms with E-state index in [4.69, 9.17) is 33.2 Å². The number of rotatable bonds is 24. The van der Waals surface area contributed by atoms with Gasteiger partial charge in [0.1, 0.15) is 11.9 Å². The predicted octanol–water partition coefficient (Wildman–Crippen LogP) is 3.94. The lowest BCUT2D eigenvalue weighted by molar-refractivity contribution is -0.309. The molecule has 2 fully saturated rings. The number of nitrogens with zero attached hydrogens (tertiary/aromatic N) is 1. The van der Waals surface area contributed by atoms with Crippen molar-refractivity contribution in [2.45, 2.75) is 122 Å². The molecule has 1 unspecified atom stereocenters. The molecule has 0 radical (unpaired) electrons. The van der Waals surface area contributed by atoms with Crippen LogP contribution in [-0.2, 0) is 89.6 Å². The number of benzene rings is 3. The van der Waals surface area contributed by atoms with Crippen LogP contribution < -0.4 is 9.62 Å². The number of carboxylic acids is 1. The molecule has 2 aliphatic heterocycles. The highest BCUT2D eigenvalue weighted by Crippen LogP contribution is 2.47. The monoisotopic (exact) mass is 1010 g/mol. The van der Waals surface area contributed by atoms with E-state index in [1.54, 1.807) is 17.0 Å². The van der Waals surface area contributed by atoms with Crippen LogP contribution in [0.25, 0.3) is 0 Å². The molecule has 3 aromatic carbocycles. The second-order valence-electron chi connectivity index (χ2n) is 17.4. The van der Waals surface area contributed by atoms with Gasteiger partial charge in [0.2, 0.25) is 15.9 Å². The molecular formula is C49H59FN2O18S. The molecule has 0 bridgehead atoms. The number of carboxylic acid groups (broad SMARTS) is 1.